The van der Waals surface area contributed by atoms with E-state index in [4.69, 9.17) is 4.42 Å². The van der Waals surface area contributed by atoms with Crippen LogP contribution in [0.1, 0.15) is 25.3 Å². The van der Waals surface area contributed by atoms with Gasteiger partial charge in [-0.15, -0.1) is 0 Å². The summed E-state index contributed by atoms with van der Waals surface area (Å²) >= 11 is 0. The molecule has 0 aliphatic rings. The van der Waals surface area contributed by atoms with Gasteiger partial charge in [-0.25, -0.2) is 0 Å². The van der Waals surface area contributed by atoms with Crippen molar-refractivity contribution in [2.75, 3.05) is 0 Å². The number of rotatable bonds is 2. The van der Waals surface area contributed by atoms with Gasteiger partial charge >= 0.3 is 0 Å². The second-order valence-corrected chi connectivity index (χ2v) is 8.35. The van der Waals surface area contributed by atoms with Crippen molar-refractivity contribution in [3.05, 3.63) is 96.6 Å². The molecule has 1 aromatic heterocycles. The number of hydrogen-bond acceptors (Lipinski definition) is 1. The molecule has 0 fully saturated rings. The van der Waals surface area contributed by atoms with Crippen LogP contribution in [0.5, 0.6) is 0 Å². The molecular weight excluding hydrogens is 364 g/mol. The van der Waals surface area contributed by atoms with Gasteiger partial charge in [-0.3, -0.25) is 0 Å². The van der Waals surface area contributed by atoms with Crippen LogP contribution >= 0.6 is 0 Å². The summed E-state index contributed by atoms with van der Waals surface area (Å²) in [6, 6.07) is 32.6. The van der Waals surface area contributed by atoms with Gasteiger partial charge in [-0.1, -0.05) is 98.8 Å². The molecule has 0 saturated heterocycles. The molecular formula is C29H22O. The minimum atomic E-state index is 0.416. The van der Waals surface area contributed by atoms with Crippen molar-refractivity contribution in [1.29, 1.82) is 0 Å². The Morgan fingerprint density at radius 1 is 0.533 bits per heavy atom. The van der Waals surface area contributed by atoms with Gasteiger partial charge in [-0.05, 0) is 44.7 Å². The number of fused-ring (bicyclic) bond motifs is 6. The third-order valence-electron chi connectivity index (χ3n) is 6.24. The highest BCUT2D eigenvalue weighted by Gasteiger charge is 2.17. The number of hydrogen-bond donors (Lipinski definition) is 0. The van der Waals surface area contributed by atoms with Crippen LogP contribution in [0.4, 0.5) is 0 Å². The molecule has 5 aromatic carbocycles. The Kier molecular flexibility index (Phi) is 3.73. The van der Waals surface area contributed by atoms with Crippen LogP contribution < -0.4 is 0 Å². The van der Waals surface area contributed by atoms with Crippen molar-refractivity contribution < 1.29 is 4.42 Å². The Hall–Kier alpha value is -3.58. The largest absolute Gasteiger partial charge is 0.455 e. The van der Waals surface area contributed by atoms with Crippen molar-refractivity contribution >= 4 is 43.5 Å². The summed E-state index contributed by atoms with van der Waals surface area (Å²) in [5, 5.41) is 7.46. The van der Waals surface area contributed by atoms with E-state index in [1.165, 1.54) is 43.4 Å². The Morgan fingerprint density at radius 2 is 1.17 bits per heavy atom. The summed E-state index contributed by atoms with van der Waals surface area (Å²) in [5.74, 6) is 0.416. The van der Waals surface area contributed by atoms with Crippen LogP contribution in [0, 0.1) is 0 Å². The molecule has 6 aromatic rings. The average Bonchev–Trinajstić information content (AvgIpc) is 3.17. The normalized spacial score (nSPS) is 12.0. The maximum atomic E-state index is 6.59. The van der Waals surface area contributed by atoms with Crippen molar-refractivity contribution in [2.24, 2.45) is 0 Å². The predicted molar refractivity (Wildman–Crippen MR) is 128 cm³/mol. The highest BCUT2D eigenvalue weighted by Crippen LogP contribution is 2.42. The molecule has 0 amide bonds. The zero-order valence-corrected chi connectivity index (χ0v) is 17.1. The Balaban J connectivity index is 1.76. The van der Waals surface area contributed by atoms with Crippen LogP contribution in [0.3, 0.4) is 0 Å². The summed E-state index contributed by atoms with van der Waals surface area (Å²) in [5.41, 5.74) is 5.62. The van der Waals surface area contributed by atoms with Crippen molar-refractivity contribution in [3.63, 3.8) is 0 Å². The van der Waals surface area contributed by atoms with E-state index < -0.39 is 0 Å². The second-order valence-electron chi connectivity index (χ2n) is 8.35. The molecule has 144 valence electrons. The highest BCUT2D eigenvalue weighted by molar-refractivity contribution is 6.17. The van der Waals surface area contributed by atoms with Crippen LogP contribution in [0.2, 0.25) is 0 Å². The molecule has 0 aliphatic carbocycles. The van der Waals surface area contributed by atoms with Crippen LogP contribution in [-0.2, 0) is 0 Å². The molecule has 0 saturated carbocycles. The lowest BCUT2D eigenvalue weighted by Crippen LogP contribution is -1.86. The van der Waals surface area contributed by atoms with E-state index in [1.54, 1.807) is 0 Å². The molecule has 0 unspecified atom stereocenters. The summed E-state index contributed by atoms with van der Waals surface area (Å²) in [6.45, 7) is 4.44. The number of furan rings is 1. The molecule has 0 radical (unpaired) electrons. The number of benzene rings is 5. The lowest BCUT2D eigenvalue weighted by Gasteiger charge is -2.11. The molecule has 30 heavy (non-hydrogen) atoms. The zero-order valence-electron chi connectivity index (χ0n) is 17.1. The van der Waals surface area contributed by atoms with Gasteiger partial charge in [0.1, 0.15) is 11.2 Å². The first kappa shape index (κ1) is 17.3. The average molecular weight is 386 g/mol. The van der Waals surface area contributed by atoms with E-state index in [9.17, 15) is 0 Å². The minimum Gasteiger partial charge on any atom is -0.455 e. The second kappa shape index (κ2) is 6.47. The minimum absolute atomic E-state index is 0.416. The first-order valence-electron chi connectivity index (χ1n) is 10.6. The topological polar surface area (TPSA) is 13.1 Å². The third-order valence-corrected chi connectivity index (χ3v) is 6.24. The molecule has 0 N–H and O–H groups in total. The molecule has 0 spiro atoms. The maximum absolute atomic E-state index is 6.59. The number of para-hydroxylation sites is 2. The van der Waals surface area contributed by atoms with Gasteiger partial charge in [0.15, 0.2) is 0 Å². The Bertz CT molecular complexity index is 1570. The van der Waals surface area contributed by atoms with Gasteiger partial charge in [0.2, 0.25) is 0 Å². The maximum Gasteiger partial charge on any atom is 0.143 e. The Labute approximate surface area is 175 Å². The molecule has 1 heteroatoms. The highest BCUT2D eigenvalue weighted by atomic mass is 16.3. The standard InChI is InChI=1S/C29H22O/c1-18(2)20-13-7-14-24-25-15-8-16-26(29(25)30-28(20)24)27-17-19-9-3-4-10-21(19)22-11-5-6-12-23(22)27/h3-18H,1-2H3. The van der Waals surface area contributed by atoms with Crippen molar-refractivity contribution in [2.45, 2.75) is 19.8 Å². The van der Waals surface area contributed by atoms with Crippen molar-refractivity contribution in [1.82, 2.24) is 0 Å². The quantitative estimate of drug-likeness (QED) is 0.271. The molecule has 0 aliphatic heterocycles. The van der Waals surface area contributed by atoms with E-state index in [1.807, 2.05) is 0 Å². The molecule has 1 heterocycles. The van der Waals surface area contributed by atoms with Crippen LogP contribution in [0.25, 0.3) is 54.6 Å². The predicted octanol–water partition coefficient (Wildman–Crippen LogP) is 8.68. The molecule has 1 nitrogen and oxygen atoms in total. The van der Waals surface area contributed by atoms with E-state index in [2.05, 4.69) is 105 Å². The van der Waals surface area contributed by atoms with Gasteiger partial charge < -0.3 is 4.42 Å². The molecule has 0 atom stereocenters. The summed E-state index contributed by atoms with van der Waals surface area (Å²) in [4.78, 5) is 0. The zero-order chi connectivity index (χ0) is 20.2. The smallest absolute Gasteiger partial charge is 0.143 e. The van der Waals surface area contributed by atoms with E-state index in [-0.39, 0.29) is 0 Å². The SMILES string of the molecule is CC(C)c1cccc2c1oc1c(-c3cc4ccccc4c4ccccc34)cccc12. The first-order valence-corrected chi connectivity index (χ1v) is 10.6. The summed E-state index contributed by atoms with van der Waals surface area (Å²) in [7, 11) is 0. The fourth-order valence-electron chi connectivity index (χ4n) is 4.79. The summed E-state index contributed by atoms with van der Waals surface area (Å²) in [6.07, 6.45) is 0. The molecule has 6 rings (SSSR count). The fraction of sp³-hybridized carbons (Fsp3) is 0.103. The van der Waals surface area contributed by atoms with Gasteiger partial charge in [0.05, 0.1) is 0 Å². The van der Waals surface area contributed by atoms with Gasteiger partial charge in [-0.2, -0.15) is 0 Å². The monoisotopic (exact) mass is 386 g/mol. The van der Waals surface area contributed by atoms with Gasteiger partial charge in [0, 0.05) is 16.3 Å². The van der Waals surface area contributed by atoms with Gasteiger partial charge in [0.25, 0.3) is 0 Å². The van der Waals surface area contributed by atoms with E-state index in [0.717, 1.165) is 16.7 Å². The van der Waals surface area contributed by atoms with E-state index >= 15 is 0 Å². The Morgan fingerprint density at radius 3 is 1.97 bits per heavy atom. The van der Waals surface area contributed by atoms with Crippen molar-refractivity contribution in [3.8, 4) is 11.1 Å². The summed E-state index contributed by atoms with van der Waals surface area (Å²) < 4.78 is 6.59. The lowest BCUT2D eigenvalue weighted by atomic mass is 9.92. The van der Waals surface area contributed by atoms with E-state index in [0.29, 0.717) is 5.92 Å². The lowest BCUT2D eigenvalue weighted by molar-refractivity contribution is 0.658. The fourth-order valence-corrected chi connectivity index (χ4v) is 4.79. The first-order chi connectivity index (χ1) is 14.7. The molecule has 0 bridgehead atoms. The van der Waals surface area contributed by atoms with Crippen LogP contribution in [-0.4, -0.2) is 0 Å². The third kappa shape index (κ3) is 2.42. The van der Waals surface area contributed by atoms with Crippen LogP contribution in [0.15, 0.2) is 95.4 Å².